The fraction of sp³-hybridized carbons (Fsp3) is 0.565. The lowest BCUT2D eigenvalue weighted by atomic mass is 10.1. The van der Waals surface area contributed by atoms with Crippen LogP contribution >= 0.6 is 24.0 Å². The van der Waals surface area contributed by atoms with Gasteiger partial charge in [-0.3, -0.25) is 0 Å². The summed E-state index contributed by atoms with van der Waals surface area (Å²) in [5.74, 6) is 3.24. The Hall–Kier alpha value is -1.97. The Labute approximate surface area is 202 Å². The van der Waals surface area contributed by atoms with Crippen molar-refractivity contribution in [2.45, 2.75) is 65.5 Å². The highest BCUT2D eigenvalue weighted by Crippen LogP contribution is 2.35. The molecule has 1 aromatic heterocycles. The average molecular weight is 542 g/mol. The number of para-hydroxylation sites is 1. The lowest BCUT2D eigenvalue weighted by molar-refractivity contribution is 0.198. The van der Waals surface area contributed by atoms with Crippen molar-refractivity contribution >= 4 is 29.9 Å². The van der Waals surface area contributed by atoms with E-state index < -0.39 is 0 Å². The van der Waals surface area contributed by atoms with Gasteiger partial charge in [0.15, 0.2) is 17.5 Å². The maximum atomic E-state index is 6.32. The number of ether oxygens (including phenoxy) is 2. The summed E-state index contributed by atoms with van der Waals surface area (Å²) in [6.07, 6.45) is 5.77. The van der Waals surface area contributed by atoms with Crippen molar-refractivity contribution in [1.29, 1.82) is 0 Å². The van der Waals surface area contributed by atoms with Crippen LogP contribution < -0.4 is 20.1 Å². The van der Waals surface area contributed by atoms with Crippen molar-refractivity contribution in [1.82, 2.24) is 15.8 Å². The van der Waals surface area contributed by atoms with Crippen LogP contribution in [0.1, 0.15) is 55.2 Å². The molecule has 1 aliphatic carbocycles. The van der Waals surface area contributed by atoms with E-state index in [4.69, 9.17) is 19.0 Å². The van der Waals surface area contributed by atoms with Crippen molar-refractivity contribution in [3.05, 3.63) is 40.8 Å². The Morgan fingerprint density at radius 3 is 2.65 bits per heavy atom. The Balaban J connectivity index is 0.00000341. The summed E-state index contributed by atoms with van der Waals surface area (Å²) in [5.41, 5.74) is 3.13. The molecule has 0 amide bonds. The van der Waals surface area contributed by atoms with Crippen LogP contribution in [0.4, 0.5) is 0 Å². The standard InChI is InChI=1S/C23H34N4O3.HI/c1-5-24-23(25-14-13-20-16(2)27-30-17(20)3)26-15-18-9-8-12-21(28-4)22(18)29-19-10-6-7-11-19;/h8-9,12,19H,5-7,10-11,13-15H2,1-4H3,(H2,24,25,26);1H. The first-order valence-corrected chi connectivity index (χ1v) is 10.9. The molecular formula is C23H35IN4O3. The van der Waals surface area contributed by atoms with Crippen LogP contribution in [0.3, 0.4) is 0 Å². The lowest BCUT2D eigenvalue weighted by Crippen LogP contribution is -2.38. The van der Waals surface area contributed by atoms with Crippen LogP contribution in [0, 0.1) is 13.8 Å². The highest BCUT2D eigenvalue weighted by atomic mass is 127. The molecule has 172 valence electrons. The van der Waals surface area contributed by atoms with Crippen molar-refractivity contribution in [3.63, 3.8) is 0 Å². The molecule has 0 aliphatic heterocycles. The van der Waals surface area contributed by atoms with Gasteiger partial charge in [0.05, 0.1) is 25.5 Å². The molecule has 1 saturated carbocycles. The molecule has 0 bridgehead atoms. The first-order chi connectivity index (χ1) is 14.6. The van der Waals surface area contributed by atoms with Crippen molar-refractivity contribution in [2.24, 2.45) is 4.99 Å². The van der Waals surface area contributed by atoms with Crippen molar-refractivity contribution < 1.29 is 14.0 Å². The molecular weight excluding hydrogens is 507 g/mol. The fourth-order valence-corrected chi connectivity index (χ4v) is 3.82. The minimum absolute atomic E-state index is 0. The third-order valence-corrected chi connectivity index (χ3v) is 5.47. The first-order valence-electron chi connectivity index (χ1n) is 10.9. The van der Waals surface area contributed by atoms with Gasteiger partial charge in [-0.15, -0.1) is 24.0 Å². The molecule has 8 heteroatoms. The predicted octanol–water partition coefficient (Wildman–Crippen LogP) is 4.54. The SMILES string of the molecule is CCNC(=NCc1cccc(OC)c1OC1CCCC1)NCCc1c(C)noc1C.I. The number of aliphatic imine (C=N–C) groups is 1. The highest BCUT2D eigenvalue weighted by molar-refractivity contribution is 14.0. The van der Waals surface area contributed by atoms with Crippen molar-refractivity contribution in [3.8, 4) is 11.5 Å². The molecule has 0 atom stereocenters. The monoisotopic (exact) mass is 542 g/mol. The molecule has 31 heavy (non-hydrogen) atoms. The molecule has 0 radical (unpaired) electrons. The second-order valence-corrected chi connectivity index (χ2v) is 7.65. The maximum absolute atomic E-state index is 6.32. The van der Waals surface area contributed by atoms with E-state index in [1.54, 1.807) is 7.11 Å². The second-order valence-electron chi connectivity index (χ2n) is 7.65. The molecule has 1 aromatic carbocycles. The zero-order valence-electron chi connectivity index (χ0n) is 19.0. The van der Waals surface area contributed by atoms with Crippen LogP contribution in [0.25, 0.3) is 0 Å². The second kappa shape index (κ2) is 12.8. The quantitative estimate of drug-likeness (QED) is 0.275. The summed E-state index contributed by atoms with van der Waals surface area (Å²) in [6.45, 7) is 8.04. The first kappa shape index (κ1) is 25.3. The molecule has 0 unspecified atom stereocenters. The van der Waals surface area contributed by atoms with E-state index in [9.17, 15) is 0 Å². The Morgan fingerprint density at radius 2 is 2.00 bits per heavy atom. The van der Waals surface area contributed by atoms with Gasteiger partial charge in [-0.25, -0.2) is 4.99 Å². The van der Waals surface area contributed by atoms with Crippen LogP contribution in [0.15, 0.2) is 27.7 Å². The number of aromatic nitrogens is 1. The van der Waals surface area contributed by atoms with Crippen LogP contribution in [0.5, 0.6) is 11.5 Å². The van der Waals surface area contributed by atoms with Crippen LogP contribution in [-0.2, 0) is 13.0 Å². The number of hydrogen-bond donors (Lipinski definition) is 2. The molecule has 0 spiro atoms. The third-order valence-electron chi connectivity index (χ3n) is 5.47. The number of guanidine groups is 1. The smallest absolute Gasteiger partial charge is 0.191 e. The van der Waals surface area contributed by atoms with Gasteiger partial charge in [-0.05, 0) is 58.9 Å². The fourth-order valence-electron chi connectivity index (χ4n) is 3.82. The van der Waals surface area contributed by atoms with E-state index >= 15 is 0 Å². The van der Waals surface area contributed by atoms with Gasteiger partial charge in [-0.2, -0.15) is 0 Å². The van der Waals surface area contributed by atoms with E-state index in [1.807, 2.05) is 26.0 Å². The number of benzene rings is 1. The minimum Gasteiger partial charge on any atom is -0.493 e. The third kappa shape index (κ3) is 7.02. The molecule has 1 fully saturated rings. The number of rotatable bonds is 9. The van der Waals surface area contributed by atoms with Gasteiger partial charge in [0, 0.05) is 24.2 Å². The van der Waals surface area contributed by atoms with E-state index in [-0.39, 0.29) is 30.1 Å². The number of aryl methyl sites for hydroxylation is 2. The normalized spacial score (nSPS) is 14.3. The van der Waals surface area contributed by atoms with Gasteiger partial charge in [0.1, 0.15) is 5.76 Å². The number of hydrogen-bond acceptors (Lipinski definition) is 5. The van der Waals surface area contributed by atoms with Crippen LogP contribution in [0.2, 0.25) is 0 Å². The highest BCUT2D eigenvalue weighted by Gasteiger charge is 2.20. The number of halogens is 1. The zero-order valence-corrected chi connectivity index (χ0v) is 21.3. The van der Waals surface area contributed by atoms with Gasteiger partial charge >= 0.3 is 0 Å². The van der Waals surface area contributed by atoms with E-state index in [0.717, 1.165) is 72.4 Å². The summed E-state index contributed by atoms with van der Waals surface area (Å²) in [5, 5.41) is 10.7. The number of methoxy groups -OCH3 is 1. The van der Waals surface area contributed by atoms with E-state index in [2.05, 4.69) is 28.8 Å². The lowest BCUT2D eigenvalue weighted by Gasteiger charge is -2.19. The van der Waals surface area contributed by atoms with Crippen LogP contribution in [-0.4, -0.2) is 37.4 Å². The Kier molecular flexibility index (Phi) is 10.4. The van der Waals surface area contributed by atoms with Crippen molar-refractivity contribution in [2.75, 3.05) is 20.2 Å². The van der Waals surface area contributed by atoms with E-state index in [1.165, 1.54) is 12.8 Å². The molecule has 7 nitrogen and oxygen atoms in total. The number of nitrogens with zero attached hydrogens (tertiary/aromatic N) is 2. The molecule has 2 aromatic rings. The largest absolute Gasteiger partial charge is 0.493 e. The van der Waals surface area contributed by atoms with Gasteiger partial charge in [0.25, 0.3) is 0 Å². The summed E-state index contributed by atoms with van der Waals surface area (Å²) < 4.78 is 17.1. The average Bonchev–Trinajstić information content (AvgIpc) is 3.37. The zero-order chi connectivity index (χ0) is 21.3. The maximum Gasteiger partial charge on any atom is 0.191 e. The Bertz CT molecular complexity index is 828. The van der Waals surface area contributed by atoms with Gasteiger partial charge in [0.2, 0.25) is 0 Å². The minimum atomic E-state index is 0. The Morgan fingerprint density at radius 1 is 1.23 bits per heavy atom. The van der Waals surface area contributed by atoms with Gasteiger partial charge in [-0.1, -0.05) is 17.3 Å². The molecule has 2 N–H and O–H groups in total. The number of nitrogens with one attached hydrogen (secondary N) is 2. The molecule has 1 heterocycles. The predicted molar refractivity (Wildman–Crippen MR) is 134 cm³/mol. The molecule has 0 saturated heterocycles. The summed E-state index contributed by atoms with van der Waals surface area (Å²) in [4.78, 5) is 4.78. The molecule has 3 rings (SSSR count). The summed E-state index contributed by atoms with van der Waals surface area (Å²) in [6, 6.07) is 6.00. The van der Waals surface area contributed by atoms with Gasteiger partial charge < -0.3 is 24.6 Å². The topological polar surface area (TPSA) is 80.9 Å². The summed E-state index contributed by atoms with van der Waals surface area (Å²) in [7, 11) is 1.68. The molecule has 1 aliphatic rings. The summed E-state index contributed by atoms with van der Waals surface area (Å²) >= 11 is 0. The van der Waals surface area contributed by atoms with E-state index in [0.29, 0.717) is 6.54 Å².